The molecule has 0 spiro atoms. The molecule has 0 aromatic heterocycles. The number of likely N-dealkylation sites (tertiary alicyclic amines) is 1. The van der Waals surface area contributed by atoms with E-state index in [0.717, 1.165) is 49.6 Å². The number of hydrogen-bond acceptors (Lipinski definition) is 5. The van der Waals surface area contributed by atoms with Gasteiger partial charge in [0, 0.05) is 25.2 Å². The van der Waals surface area contributed by atoms with Crippen LogP contribution in [-0.4, -0.2) is 60.2 Å². The summed E-state index contributed by atoms with van der Waals surface area (Å²) < 4.78 is 11.8. The molecule has 0 saturated carbocycles. The number of carbonyl (C=O) groups is 1. The van der Waals surface area contributed by atoms with E-state index in [2.05, 4.69) is 31.7 Å². The van der Waals surface area contributed by atoms with Crippen molar-refractivity contribution in [3.63, 3.8) is 0 Å². The summed E-state index contributed by atoms with van der Waals surface area (Å²) in [5, 5.41) is 9.18. The zero-order valence-corrected chi connectivity index (χ0v) is 19.1. The molecule has 2 aliphatic heterocycles. The van der Waals surface area contributed by atoms with Gasteiger partial charge in [-0.25, -0.2) is 0 Å². The highest BCUT2D eigenvalue weighted by atomic mass is 16.5. The van der Waals surface area contributed by atoms with Gasteiger partial charge >= 0.3 is 0 Å². The van der Waals surface area contributed by atoms with Crippen molar-refractivity contribution in [2.24, 2.45) is 0 Å². The van der Waals surface area contributed by atoms with Crippen molar-refractivity contribution >= 4 is 5.91 Å². The molecule has 2 heterocycles. The molecule has 2 saturated heterocycles. The maximum atomic E-state index is 13.3. The number of β-lactam (4-membered cyclic amide) rings is 1. The third-order valence-corrected chi connectivity index (χ3v) is 6.56. The molecule has 4 rings (SSSR count). The van der Waals surface area contributed by atoms with Crippen LogP contribution in [0.1, 0.15) is 43.5 Å². The molecule has 6 heteroatoms. The minimum atomic E-state index is -0.573. The summed E-state index contributed by atoms with van der Waals surface area (Å²) in [5.41, 5.74) is 2.50. The molecule has 32 heavy (non-hydrogen) atoms. The van der Waals surface area contributed by atoms with Crippen molar-refractivity contribution in [3.8, 4) is 11.8 Å². The van der Waals surface area contributed by atoms with E-state index in [-0.39, 0.29) is 17.5 Å². The number of carbonyl (C=O) groups excluding carboxylic acids is 1. The fourth-order valence-corrected chi connectivity index (χ4v) is 4.65. The lowest BCUT2D eigenvalue weighted by Crippen LogP contribution is -2.66. The van der Waals surface area contributed by atoms with Gasteiger partial charge in [0.15, 0.2) is 0 Å². The molecule has 0 radical (unpaired) electrons. The van der Waals surface area contributed by atoms with Crippen LogP contribution < -0.4 is 4.74 Å². The molecule has 0 N–H and O–H groups in total. The maximum absolute atomic E-state index is 13.3. The number of amides is 1. The monoisotopic (exact) mass is 433 g/mol. The average molecular weight is 434 g/mol. The van der Waals surface area contributed by atoms with Gasteiger partial charge in [0.25, 0.3) is 5.91 Å². The number of benzene rings is 2. The Morgan fingerprint density at radius 1 is 1.12 bits per heavy atom. The Morgan fingerprint density at radius 3 is 2.47 bits per heavy atom. The zero-order valence-electron chi connectivity index (χ0n) is 19.1. The number of morpholine rings is 1. The van der Waals surface area contributed by atoms with Crippen molar-refractivity contribution in [1.82, 2.24) is 9.80 Å². The lowest BCUT2D eigenvalue weighted by atomic mass is 9.87. The summed E-state index contributed by atoms with van der Waals surface area (Å²) in [5.74, 6) is 0.769. The van der Waals surface area contributed by atoms with E-state index in [9.17, 15) is 10.1 Å². The summed E-state index contributed by atoms with van der Waals surface area (Å²) in [7, 11) is 0. The molecule has 0 aliphatic carbocycles. The molecule has 2 aliphatic rings. The lowest BCUT2D eigenvalue weighted by Gasteiger charge is -2.52. The number of hydrogen-bond donors (Lipinski definition) is 0. The standard InChI is InChI=1S/C26H31N3O3/c1-4-20-7-5-6-8-22(20)32-24-23(21-11-9-19(17-27)10-12-21)29(25(24)30)18-26(2,3)28-13-15-31-16-14-28/h5-12,23-24H,4,13-16,18H2,1-3H3/t23-,24-/m0/s1. The molecule has 168 valence electrons. The van der Waals surface area contributed by atoms with Gasteiger partial charge in [0.1, 0.15) is 11.8 Å². The van der Waals surface area contributed by atoms with E-state index < -0.39 is 6.10 Å². The Bertz CT molecular complexity index is 990. The predicted molar refractivity (Wildman–Crippen MR) is 122 cm³/mol. The van der Waals surface area contributed by atoms with Gasteiger partial charge in [0.05, 0.1) is 24.8 Å². The van der Waals surface area contributed by atoms with Gasteiger partial charge in [-0.2, -0.15) is 5.26 Å². The first kappa shape index (κ1) is 22.3. The first-order valence-corrected chi connectivity index (χ1v) is 11.3. The van der Waals surface area contributed by atoms with Crippen LogP contribution in [0.15, 0.2) is 48.5 Å². The summed E-state index contributed by atoms with van der Waals surface area (Å²) in [6, 6.07) is 17.4. The number of aryl methyl sites for hydroxylation is 1. The molecule has 2 fully saturated rings. The molecular formula is C26H31N3O3. The first-order valence-electron chi connectivity index (χ1n) is 11.3. The van der Waals surface area contributed by atoms with Gasteiger partial charge < -0.3 is 14.4 Å². The smallest absolute Gasteiger partial charge is 0.266 e. The molecule has 1 amide bonds. The van der Waals surface area contributed by atoms with Gasteiger partial charge in [0.2, 0.25) is 6.10 Å². The van der Waals surface area contributed by atoms with E-state index in [0.29, 0.717) is 12.1 Å². The van der Waals surface area contributed by atoms with E-state index >= 15 is 0 Å². The van der Waals surface area contributed by atoms with E-state index in [1.54, 1.807) is 12.1 Å². The Morgan fingerprint density at radius 2 is 1.81 bits per heavy atom. The molecule has 6 nitrogen and oxygen atoms in total. The first-order chi connectivity index (χ1) is 15.4. The van der Waals surface area contributed by atoms with Crippen LogP contribution in [0.25, 0.3) is 0 Å². The van der Waals surface area contributed by atoms with Gasteiger partial charge in [-0.1, -0.05) is 37.3 Å². The summed E-state index contributed by atoms with van der Waals surface area (Å²) >= 11 is 0. The van der Waals surface area contributed by atoms with Crippen LogP contribution in [0.4, 0.5) is 0 Å². The Labute approximate surface area is 190 Å². The second kappa shape index (κ2) is 9.32. The fourth-order valence-electron chi connectivity index (χ4n) is 4.65. The minimum Gasteiger partial charge on any atom is -0.478 e. The number of nitrogens with zero attached hydrogens (tertiary/aromatic N) is 3. The highest BCUT2D eigenvalue weighted by Gasteiger charge is 2.52. The second-order valence-electron chi connectivity index (χ2n) is 9.06. The third-order valence-electron chi connectivity index (χ3n) is 6.56. The van der Waals surface area contributed by atoms with E-state index in [1.807, 2.05) is 41.3 Å². The van der Waals surface area contributed by atoms with Crippen molar-refractivity contribution in [2.75, 3.05) is 32.8 Å². The van der Waals surface area contributed by atoms with E-state index in [1.165, 1.54) is 0 Å². The SMILES string of the molecule is CCc1ccccc1O[C@@H]1C(=O)N(CC(C)(C)N2CCOCC2)[C@H]1c1ccc(C#N)cc1. The maximum Gasteiger partial charge on any atom is 0.266 e. The fraction of sp³-hybridized carbons (Fsp3) is 0.462. The topological polar surface area (TPSA) is 65.8 Å². The highest BCUT2D eigenvalue weighted by Crippen LogP contribution is 2.40. The molecule has 0 bridgehead atoms. The quantitative estimate of drug-likeness (QED) is 0.625. The Balaban J connectivity index is 1.60. The molecule has 2 aromatic rings. The van der Waals surface area contributed by atoms with Gasteiger partial charge in [-0.3, -0.25) is 9.69 Å². The largest absolute Gasteiger partial charge is 0.478 e. The number of nitriles is 1. The van der Waals surface area contributed by atoms with Crippen LogP contribution in [0.5, 0.6) is 5.75 Å². The summed E-state index contributed by atoms with van der Waals surface area (Å²) in [6.07, 6.45) is 0.267. The van der Waals surface area contributed by atoms with Gasteiger partial charge in [-0.15, -0.1) is 0 Å². The summed E-state index contributed by atoms with van der Waals surface area (Å²) in [6.45, 7) is 10.2. The highest BCUT2D eigenvalue weighted by molar-refractivity contribution is 5.89. The summed E-state index contributed by atoms with van der Waals surface area (Å²) in [4.78, 5) is 17.7. The minimum absolute atomic E-state index is 0.00611. The Hall–Kier alpha value is -2.88. The van der Waals surface area contributed by atoms with Crippen LogP contribution >= 0.6 is 0 Å². The van der Waals surface area contributed by atoms with Crippen molar-refractivity contribution < 1.29 is 14.3 Å². The number of para-hydroxylation sites is 1. The van der Waals surface area contributed by atoms with Crippen LogP contribution in [0.3, 0.4) is 0 Å². The number of ether oxygens (including phenoxy) is 2. The van der Waals surface area contributed by atoms with Crippen molar-refractivity contribution in [3.05, 3.63) is 65.2 Å². The van der Waals surface area contributed by atoms with Crippen LogP contribution in [0.2, 0.25) is 0 Å². The van der Waals surface area contributed by atoms with Crippen LogP contribution in [0, 0.1) is 11.3 Å². The van der Waals surface area contributed by atoms with Crippen LogP contribution in [-0.2, 0) is 16.0 Å². The average Bonchev–Trinajstić information content (AvgIpc) is 2.84. The molecule has 2 atom stereocenters. The van der Waals surface area contributed by atoms with E-state index in [4.69, 9.17) is 9.47 Å². The Kier molecular flexibility index (Phi) is 6.50. The lowest BCUT2D eigenvalue weighted by molar-refractivity contribution is -0.168. The molecule has 2 aromatic carbocycles. The van der Waals surface area contributed by atoms with Crippen molar-refractivity contribution in [2.45, 2.75) is 44.9 Å². The third kappa shape index (κ3) is 4.36. The second-order valence-corrected chi connectivity index (χ2v) is 9.06. The van der Waals surface area contributed by atoms with Gasteiger partial charge in [-0.05, 0) is 49.6 Å². The number of rotatable bonds is 7. The van der Waals surface area contributed by atoms with Crippen molar-refractivity contribution in [1.29, 1.82) is 5.26 Å². The zero-order chi connectivity index (χ0) is 22.7. The molecule has 0 unspecified atom stereocenters. The molecular weight excluding hydrogens is 402 g/mol. The normalized spacial score (nSPS) is 21.7. The predicted octanol–water partition coefficient (Wildman–Crippen LogP) is 3.56.